The van der Waals surface area contributed by atoms with Gasteiger partial charge in [-0.2, -0.15) is 0 Å². The number of hydrogen-bond donors (Lipinski definition) is 1. The van der Waals surface area contributed by atoms with Gasteiger partial charge < -0.3 is 14.8 Å². The van der Waals surface area contributed by atoms with Crippen LogP contribution in [0.3, 0.4) is 0 Å². The highest BCUT2D eigenvalue weighted by Gasteiger charge is 2.44. The average molecular weight is 516 g/mol. The Labute approximate surface area is 200 Å². The van der Waals surface area contributed by atoms with E-state index in [2.05, 4.69) is 40.8 Å². The van der Waals surface area contributed by atoms with E-state index < -0.39 is 5.92 Å². The molecule has 1 aliphatic carbocycles. The molecule has 5 nitrogen and oxygen atoms in total. The second kappa shape index (κ2) is 9.63. The SMILES string of the molecule is C=C1NC2=C(C(=O)CCC2)C(c2cc(COc3ccc(Br)cc3)c(CC)s2)C1C(=O)OC. The van der Waals surface area contributed by atoms with Crippen LogP contribution >= 0.6 is 27.3 Å². The Morgan fingerprint density at radius 3 is 2.72 bits per heavy atom. The maximum absolute atomic E-state index is 13.0. The van der Waals surface area contributed by atoms with Gasteiger partial charge in [0.1, 0.15) is 18.3 Å². The van der Waals surface area contributed by atoms with Crippen LogP contribution in [0.4, 0.5) is 0 Å². The number of allylic oxidation sites excluding steroid dienone is 2. The van der Waals surface area contributed by atoms with Crippen molar-refractivity contribution < 1.29 is 19.1 Å². The molecule has 0 saturated carbocycles. The third kappa shape index (κ3) is 4.41. The van der Waals surface area contributed by atoms with E-state index in [1.165, 1.54) is 12.0 Å². The number of ketones is 1. The Bertz CT molecular complexity index is 1090. The smallest absolute Gasteiger partial charge is 0.315 e. The van der Waals surface area contributed by atoms with Crippen molar-refractivity contribution >= 4 is 39.0 Å². The van der Waals surface area contributed by atoms with E-state index in [9.17, 15) is 9.59 Å². The molecule has 1 aliphatic heterocycles. The molecule has 0 amide bonds. The van der Waals surface area contributed by atoms with Gasteiger partial charge >= 0.3 is 5.97 Å². The van der Waals surface area contributed by atoms with Crippen molar-refractivity contribution in [3.63, 3.8) is 0 Å². The highest BCUT2D eigenvalue weighted by Crippen LogP contribution is 2.47. The van der Waals surface area contributed by atoms with Crippen molar-refractivity contribution in [2.75, 3.05) is 7.11 Å². The summed E-state index contributed by atoms with van der Waals surface area (Å²) in [7, 11) is 1.38. The summed E-state index contributed by atoms with van der Waals surface area (Å²) in [6, 6.07) is 9.82. The monoisotopic (exact) mass is 515 g/mol. The molecule has 0 radical (unpaired) electrons. The van der Waals surface area contributed by atoms with E-state index in [0.717, 1.165) is 45.6 Å². The minimum atomic E-state index is -0.635. The molecule has 0 saturated heterocycles. The topological polar surface area (TPSA) is 64.6 Å². The Balaban J connectivity index is 1.71. The molecule has 1 aromatic heterocycles. The number of carbonyl (C=O) groups is 2. The number of halogens is 1. The molecule has 1 aromatic carbocycles. The molecule has 2 aromatic rings. The number of nitrogens with one attached hydrogen (secondary N) is 1. The zero-order valence-electron chi connectivity index (χ0n) is 18.2. The molecule has 2 atom stereocenters. The van der Waals surface area contributed by atoms with Gasteiger partial charge in [-0.1, -0.05) is 29.4 Å². The summed E-state index contributed by atoms with van der Waals surface area (Å²) in [5, 5.41) is 3.24. The summed E-state index contributed by atoms with van der Waals surface area (Å²) in [6.07, 6.45) is 2.95. The maximum Gasteiger partial charge on any atom is 0.315 e. The summed E-state index contributed by atoms with van der Waals surface area (Å²) >= 11 is 5.08. The van der Waals surface area contributed by atoms with E-state index >= 15 is 0 Å². The third-order valence-corrected chi connectivity index (χ3v) is 7.93. The summed E-state index contributed by atoms with van der Waals surface area (Å²) in [4.78, 5) is 27.9. The van der Waals surface area contributed by atoms with Crippen LogP contribution in [-0.4, -0.2) is 18.9 Å². The molecule has 7 heteroatoms. The number of rotatable bonds is 6. The molecule has 32 heavy (non-hydrogen) atoms. The lowest BCUT2D eigenvalue weighted by Gasteiger charge is -2.37. The van der Waals surface area contributed by atoms with E-state index in [0.29, 0.717) is 24.3 Å². The van der Waals surface area contributed by atoms with Crippen molar-refractivity contribution in [3.8, 4) is 5.75 Å². The van der Waals surface area contributed by atoms with E-state index in [1.54, 1.807) is 11.3 Å². The molecule has 4 rings (SSSR count). The minimum absolute atomic E-state index is 0.101. The molecule has 2 unspecified atom stereocenters. The molecule has 168 valence electrons. The molecular weight excluding hydrogens is 490 g/mol. The molecule has 0 fully saturated rings. The Hall–Kier alpha value is -2.38. The number of Topliss-reactive ketones (excluding diaryl/α,β-unsaturated/α-hetero) is 1. The Morgan fingerprint density at radius 2 is 2.03 bits per heavy atom. The molecule has 2 aliphatic rings. The van der Waals surface area contributed by atoms with Gasteiger partial charge in [-0.25, -0.2) is 0 Å². The normalized spacial score (nSPS) is 20.6. The fourth-order valence-electron chi connectivity index (χ4n) is 4.46. The van der Waals surface area contributed by atoms with Crippen molar-refractivity contribution in [2.24, 2.45) is 5.92 Å². The first-order chi connectivity index (χ1) is 15.4. The Morgan fingerprint density at radius 1 is 1.28 bits per heavy atom. The van der Waals surface area contributed by atoms with Gasteiger partial charge in [0.15, 0.2) is 5.78 Å². The first kappa shape index (κ1) is 22.8. The number of carbonyl (C=O) groups excluding carboxylic acids is 2. The predicted molar refractivity (Wildman–Crippen MR) is 129 cm³/mol. The number of thiophene rings is 1. The van der Waals surface area contributed by atoms with Crippen molar-refractivity contribution in [1.82, 2.24) is 5.32 Å². The lowest BCUT2D eigenvalue weighted by molar-refractivity contribution is -0.144. The number of aryl methyl sites for hydroxylation is 1. The van der Waals surface area contributed by atoms with Crippen LogP contribution < -0.4 is 10.1 Å². The van der Waals surface area contributed by atoms with E-state index in [4.69, 9.17) is 9.47 Å². The number of benzene rings is 1. The lowest BCUT2D eigenvalue weighted by atomic mass is 9.74. The molecule has 0 bridgehead atoms. The standard InChI is InChI=1S/C25H26BrNO4S/c1-4-20-15(13-31-17-10-8-16(26)9-11-17)12-21(32-20)24-22(25(29)30-3)14(2)27-18-6-5-7-19(28)23(18)24/h8-12,22,24,27H,2,4-7,13H2,1,3H3. The summed E-state index contributed by atoms with van der Waals surface area (Å²) < 4.78 is 12.1. The van der Waals surface area contributed by atoms with Crippen molar-refractivity contribution in [2.45, 2.75) is 45.1 Å². The van der Waals surface area contributed by atoms with Gasteiger partial charge in [0.05, 0.1) is 7.11 Å². The fraction of sp³-hybridized carbons (Fsp3) is 0.360. The zero-order valence-corrected chi connectivity index (χ0v) is 20.6. The molecule has 2 heterocycles. The summed E-state index contributed by atoms with van der Waals surface area (Å²) in [5.41, 5.74) is 3.28. The number of ether oxygens (including phenoxy) is 2. The van der Waals surface area contributed by atoms with Gasteiger partial charge in [-0.3, -0.25) is 9.59 Å². The summed E-state index contributed by atoms with van der Waals surface area (Å²) in [5.74, 6) is -0.501. The van der Waals surface area contributed by atoms with Crippen LogP contribution in [0.25, 0.3) is 0 Å². The highest BCUT2D eigenvalue weighted by atomic mass is 79.9. The van der Waals surface area contributed by atoms with Crippen LogP contribution in [0, 0.1) is 5.92 Å². The van der Waals surface area contributed by atoms with E-state index in [-0.39, 0.29) is 17.7 Å². The van der Waals surface area contributed by atoms with Gasteiger partial charge in [-0.15, -0.1) is 11.3 Å². The van der Waals surface area contributed by atoms with Crippen molar-refractivity contribution in [3.05, 3.63) is 73.7 Å². The summed E-state index contributed by atoms with van der Waals surface area (Å²) in [6.45, 7) is 6.64. The molecule has 1 N–H and O–H groups in total. The average Bonchev–Trinajstić information content (AvgIpc) is 3.20. The zero-order chi connectivity index (χ0) is 22.8. The van der Waals surface area contributed by atoms with E-state index in [1.807, 2.05) is 24.3 Å². The van der Waals surface area contributed by atoms with Crippen molar-refractivity contribution in [1.29, 1.82) is 0 Å². The maximum atomic E-state index is 13.0. The quantitative estimate of drug-likeness (QED) is 0.503. The number of methoxy groups -OCH3 is 1. The molecular formula is C25H26BrNO4S. The number of esters is 1. The second-order valence-electron chi connectivity index (χ2n) is 7.99. The van der Waals surface area contributed by atoms with Crippen LogP contribution in [0.5, 0.6) is 5.75 Å². The minimum Gasteiger partial charge on any atom is -0.489 e. The van der Waals surface area contributed by atoms with Gasteiger partial charge in [-0.05, 0) is 49.6 Å². The number of hydrogen-bond acceptors (Lipinski definition) is 6. The second-order valence-corrected chi connectivity index (χ2v) is 10.1. The van der Waals surface area contributed by atoms with Crippen LogP contribution in [0.15, 0.2) is 58.4 Å². The van der Waals surface area contributed by atoms with Crippen LogP contribution in [-0.2, 0) is 27.4 Å². The largest absolute Gasteiger partial charge is 0.489 e. The predicted octanol–water partition coefficient (Wildman–Crippen LogP) is 5.65. The first-order valence-corrected chi connectivity index (χ1v) is 12.3. The van der Waals surface area contributed by atoms with Gasteiger partial charge in [0.25, 0.3) is 0 Å². The molecule has 0 spiro atoms. The first-order valence-electron chi connectivity index (χ1n) is 10.7. The third-order valence-electron chi connectivity index (χ3n) is 5.99. The highest BCUT2D eigenvalue weighted by molar-refractivity contribution is 9.10. The van der Waals surface area contributed by atoms with Crippen LogP contribution in [0.2, 0.25) is 0 Å². The fourth-order valence-corrected chi connectivity index (χ4v) is 5.99. The van der Waals surface area contributed by atoms with Gasteiger partial charge in [0, 0.05) is 49.1 Å². The van der Waals surface area contributed by atoms with Crippen LogP contribution in [0.1, 0.15) is 47.4 Å². The van der Waals surface area contributed by atoms with Gasteiger partial charge in [0.2, 0.25) is 0 Å². The Kier molecular flexibility index (Phi) is 6.86. The lowest BCUT2D eigenvalue weighted by Crippen LogP contribution is -2.40.